The van der Waals surface area contributed by atoms with E-state index in [1.807, 2.05) is 25.1 Å². The zero-order valence-corrected chi connectivity index (χ0v) is 16.6. The van der Waals surface area contributed by atoms with Crippen LogP contribution in [0.3, 0.4) is 0 Å². The molecule has 9 heteroatoms. The summed E-state index contributed by atoms with van der Waals surface area (Å²) in [6.45, 7) is 7.18. The third kappa shape index (κ3) is 7.14. The van der Waals surface area contributed by atoms with Crippen molar-refractivity contribution in [3.8, 4) is 5.75 Å². The lowest BCUT2D eigenvalue weighted by molar-refractivity contribution is 0.260. The van der Waals surface area contributed by atoms with Gasteiger partial charge in [-0.25, -0.2) is 9.78 Å². The molecule has 0 bridgehead atoms. The van der Waals surface area contributed by atoms with Gasteiger partial charge in [-0.2, -0.15) is 0 Å². The second-order valence-corrected chi connectivity index (χ2v) is 7.59. The Balaban J connectivity index is 1.95. The number of urea groups is 1. The molecule has 146 valence electrons. The standard InChI is InChI=1S/C18H26N6O2S/c1-11(2)10-26-15-8-12(3)4-5-14(15)23-17(25)24-18-22-9-13(27-18)6-7-21-16(19)20/h4-5,8-9,11H,6-7,10H2,1-3H3,(H4,19,20,21)(H2,22,23,24,25). The first-order valence-electron chi connectivity index (χ1n) is 8.65. The fraction of sp³-hybridized carbons (Fsp3) is 0.389. The van der Waals surface area contributed by atoms with E-state index in [4.69, 9.17) is 16.2 Å². The number of ether oxygens (including phenoxy) is 1. The van der Waals surface area contributed by atoms with Gasteiger partial charge in [0.1, 0.15) is 5.75 Å². The van der Waals surface area contributed by atoms with E-state index in [1.165, 1.54) is 11.3 Å². The predicted octanol–water partition coefficient (Wildman–Crippen LogP) is 2.95. The Bertz CT molecular complexity index is 799. The number of rotatable bonds is 8. The maximum absolute atomic E-state index is 12.3. The summed E-state index contributed by atoms with van der Waals surface area (Å²) in [5, 5.41) is 6.05. The maximum Gasteiger partial charge on any atom is 0.325 e. The minimum Gasteiger partial charge on any atom is -0.491 e. The Morgan fingerprint density at radius 2 is 2.11 bits per heavy atom. The smallest absolute Gasteiger partial charge is 0.325 e. The first-order chi connectivity index (χ1) is 12.8. The molecular weight excluding hydrogens is 364 g/mol. The lowest BCUT2D eigenvalue weighted by atomic mass is 10.2. The van der Waals surface area contributed by atoms with Crippen molar-refractivity contribution in [1.29, 1.82) is 0 Å². The third-order valence-electron chi connectivity index (χ3n) is 3.38. The zero-order valence-electron chi connectivity index (χ0n) is 15.8. The van der Waals surface area contributed by atoms with E-state index in [9.17, 15) is 4.79 Å². The lowest BCUT2D eigenvalue weighted by Gasteiger charge is -2.14. The molecule has 0 aliphatic carbocycles. The molecule has 0 aliphatic rings. The van der Waals surface area contributed by atoms with Gasteiger partial charge in [-0.3, -0.25) is 10.3 Å². The molecule has 1 aromatic carbocycles. The van der Waals surface area contributed by atoms with Crippen LogP contribution in [0.1, 0.15) is 24.3 Å². The molecule has 1 heterocycles. The highest BCUT2D eigenvalue weighted by Gasteiger charge is 2.11. The molecule has 0 unspecified atom stereocenters. The van der Waals surface area contributed by atoms with Crippen molar-refractivity contribution >= 4 is 34.1 Å². The number of thiazole rings is 1. The van der Waals surface area contributed by atoms with Crippen LogP contribution >= 0.6 is 11.3 Å². The van der Waals surface area contributed by atoms with Crippen LogP contribution in [-0.4, -0.2) is 30.1 Å². The van der Waals surface area contributed by atoms with Crippen molar-refractivity contribution in [3.05, 3.63) is 34.8 Å². The average Bonchev–Trinajstić information content (AvgIpc) is 3.01. The number of anilines is 2. The van der Waals surface area contributed by atoms with Crippen LogP contribution < -0.4 is 26.8 Å². The lowest BCUT2D eigenvalue weighted by Crippen LogP contribution is -2.23. The molecule has 0 spiro atoms. The molecule has 2 amide bonds. The highest BCUT2D eigenvalue weighted by atomic mass is 32.1. The minimum atomic E-state index is -0.377. The van der Waals surface area contributed by atoms with E-state index < -0.39 is 0 Å². The topological polar surface area (TPSA) is 128 Å². The van der Waals surface area contributed by atoms with Gasteiger partial charge in [-0.1, -0.05) is 19.9 Å². The highest BCUT2D eigenvalue weighted by molar-refractivity contribution is 7.15. The number of aryl methyl sites for hydroxylation is 1. The number of carbonyl (C=O) groups is 1. The molecule has 0 radical (unpaired) electrons. The van der Waals surface area contributed by atoms with E-state index in [-0.39, 0.29) is 12.0 Å². The van der Waals surface area contributed by atoms with Gasteiger partial charge in [0.2, 0.25) is 0 Å². The SMILES string of the molecule is Cc1ccc(NC(=O)Nc2ncc(CCN=C(N)N)s2)c(OCC(C)C)c1. The molecular formula is C18H26N6O2S. The van der Waals surface area contributed by atoms with Gasteiger partial charge in [0.05, 0.1) is 12.3 Å². The molecule has 8 nitrogen and oxygen atoms in total. The predicted molar refractivity (Wildman–Crippen MR) is 111 cm³/mol. The average molecular weight is 391 g/mol. The third-order valence-corrected chi connectivity index (χ3v) is 4.36. The number of aromatic nitrogens is 1. The molecule has 0 aliphatic heterocycles. The minimum absolute atomic E-state index is 0.0610. The summed E-state index contributed by atoms with van der Waals surface area (Å²) >= 11 is 1.38. The molecule has 27 heavy (non-hydrogen) atoms. The Morgan fingerprint density at radius 3 is 2.81 bits per heavy atom. The number of guanidine groups is 1. The molecule has 0 saturated carbocycles. The Labute approximate surface area is 163 Å². The van der Waals surface area contributed by atoms with Crippen molar-refractivity contribution < 1.29 is 9.53 Å². The van der Waals surface area contributed by atoms with Crippen molar-refractivity contribution in [2.24, 2.45) is 22.4 Å². The summed E-state index contributed by atoms with van der Waals surface area (Å²) < 4.78 is 5.81. The number of carbonyl (C=O) groups excluding carboxylic acids is 1. The van der Waals surface area contributed by atoms with Gasteiger partial charge in [-0.05, 0) is 30.5 Å². The number of nitrogens with one attached hydrogen (secondary N) is 2. The number of amides is 2. The van der Waals surface area contributed by atoms with Crippen molar-refractivity contribution in [2.75, 3.05) is 23.8 Å². The van der Waals surface area contributed by atoms with E-state index in [0.717, 1.165) is 10.4 Å². The van der Waals surface area contributed by atoms with Crippen LogP contribution in [0.4, 0.5) is 15.6 Å². The summed E-state index contributed by atoms with van der Waals surface area (Å²) in [4.78, 5) is 21.4. The van der Waals surface area contributed by atoms with Gasteiger partial charge in [-0.15, -0.1) is 11.3 Å². The first kappa shape index (κ1) is 20.5. The second-order valence-electron chi connectivity index (χ2n) is 6.47. The van der Waals surface area contributed by atoms with Crippen LogP contribution in [0.25, 0.3) is 0 Å². The summed E-state index contributed by atoms with van der Waals surface area (Å²) in [6.07, 6.45) is 2.36. The Kier molecular flexibility index (Phi) is 7.42. The van der Waals surface area contributed by atoms with E-state index >= 15 is 0 Å². The summed E-state index contributed by atoms with van der Waals surface area (Å²) in [7, 11) is 0. The molecule has 2 rings (SSSR count). The molecule has 2 aromatic rings. The van der Waals surface area contributed by atoms with Crippen LogP contribution in [0.2, 0.25) is 0 Å². The van der Waals surface area contributed by atoms with E-state index in [1.54, 1.807) is 6.20 Å². The maximum atomic E-state index is 12.3. The number of nitrogens with two attached hydrogens (primary N) is 2. The van der Waals surface area contributed by atoms with Crippen LogP contribution in [0, 0.1) is 12.8 Å². The number of hydrogen-bond donors (Lipinski definition) is 4. The van der Waals surface area contributed by atoms with Gasteiger partial charge >= 0.3 is 6.03 Å². The fourth-order valence-electron chi connectivity index (χ4n) is 2.14. The van der Waals surface area contributed by atoms with Gasteiger partial charge < -0.3 is 21.5 Å². The number of aliphatic imine (C=N–C) groups is 1. The second kappa shape index (κ2) is 9.77. The largest absolute Gasteiger partial charge is 0.491 e. The summed E-state index contributed by atoms with van der Waals surface area (Å²) in [5.41, 5.74) is 12.3. The highest BCUT2D eigenvalue weighted by Crippen LogP contribution is 2.27. The van der Waals surface area contributed by atoms with Gasteiger partial charge in [0.25, 0.3) is 0 Å². The van der Waals surface area contributed by atoms with Gasteiger partial charge in [0, 0.05) is 24.0 Å². The molecule has 0 fully saturated rings. The molecule has 0 saturated heterocycles. The summed E-state index contributed by atoms with van der Waals surface area (Å²) in [5.74, 6) is 1.10. The first-order valence-corrected chi connectivity index (χ1v) is 9.46. The van der Waals surface area contributed by atoms with Gasteiger partial charge in [0.15, 0.2) is 11.1 Å². The van der Waals surface area contributed by atoms with Crippen LogP contribution in [0.15, 0.2) is 29.4 Å². The van der Waals surface area contributed by atoms with Crippen molar-refractivity contribution in [1.82, 2.24) is 4.98 Å². The molecule has 6 N–H and O–H groups in total. The number of nitrogens with zero attached hydrogens (tertiary/aromatic N) is 2. The van der Waals surface area contributed by atoms with Crippen molar-refractivity contribution in [2.45, 2.75) is 27.2 Å². The Hall–Kier alpha value is -2.81. The normalized spacial score (nSPS) is 10.5. The van der Waals surface area contributed by atoms with E-state index in [2.05, 4.69) is 34.5 Å². The van der Waals surface area contributed by atoms with Crippen LogP contribution in [0.5, 0.6) is 5.75 Å². The number of benzene rings is 1. The quantitative estimate of drug-likeness (QED) is 0.407. The number of hydrogen-bond acceptors (Lipinski definition) is 5. The zero-order chi connectivity index (χ0) is 19.8. The summed E-state index contributed by atoms with van der Waals surface area (Å²) in [6, 6.07) is 5.28. The molecule has 0 atom stereocenters. The van der Waals surface area contributed by atoms with Crippen molar-refractivity contribution in [3.63, 3.8) is 0 Å². The fourth-order valence-corrected chi connectivity index (χ4v) is 2.93. The Morgan fingerprint density at radius 1 is 1.33 bits per heavy atom. The van der Waals surface area contributed by atoms with Crippen LogP contribution in [-0.2, 0) is 6.42 Å². The molecule has 1 aromatic heterocycles. The monoisotopic (exact) mass is 390 g/mol. The van der Waals surface area contributed by atoms with E-state index in [0.29, 0.717) is 42.1 Å².